The summed E-state index contributed by atoms with van der Waals surface area (Å²) in [6, 6.07) is 3.93. The second kappa shape index (κ2) is 8.61. The zero-order valence-corrected chi connectivity index (χ0v) is 18.3. The maximum absolute atomic E-state index is 12.9. The van der Waals surface area contributed by atoms with Crippen LogP contribution in [0.5, 0.6) is 0 Å². The van der Waals surface area contributed by atoms with Crippen molar-refractivity contribution < 1.29 is 29.4 Å². The third kappa shape index (κ3) is 3.74. The Morgan fingerprint density at radius 2 is 2.06 bits per heavy atom. The average molecular weight is 468 g/mol. The lowest BCUT2D eigenvalue weighted by Crippen LogP contribution is -2.52. The fourth-order valence-electron chi connectivity index (χ4n) is 4.90. The van der Waals surface area contributed by atoms with Crippen molar-refractivity contribution in [2.24, 2.45) is 0 Å². The van der Waals surface area contributed by atoms with E-state index < -0.39 is 30.7 Å². The summed E-state index contributed by atoms with van der Waals surface area (Å²) in [5.41, 5.74) is 1.89. The van der Waals surface area contributed by atoms with E-state index in [1.165, 1.54) is 20.7 Å². The van der Waals surface area contributed by atoms with Crippen molar-refractivity contribution >= 4 is 23.6 Å². The van der Waals surface area contributed by atoms with Crippen molar-refractivity contribution in [1.29, 1.82) is 0 Å². The smallest absolute Gasteiger partial charge is 0.276 e. The maximum Gasteiger partial charge on any atom is 0.276 e. The number of piperidine rings is 1. The molecule has 0 spiro atoms. The number of rotatable bonds is 5. The molecule has 34 heavy (non-hydrogen) atoms. The number of carbonyl (C=O) groups is 4. The molecule has 3 N–H and O–H groups in total. The van der Waals surface area contributed by atoms with Gasteiger partial charge in [0, 0.05) is 25.1 Å². The van der Waals surface area contributed by atoms with E-state index in [0.29, 0.717) is 29.8 Å². The first-order chi connectivity index (χ1) is 16.4. The summed E-state index contributed by atoms with van der Waals surface area (Å²) >= 11 is 0. The number of aliphatic hydroxyl groups excluding tert-OH is 2. The Morgan fingerprint density at radius 1 is 1.24 bits per heavy atom. The molecule has 2 saturated heterocycles. The van der Waals surface area contributed by atoms with E-state index in [2.05, 4.69) is 15.6 Å². The molecule has 4 heterocycles. The number of hydrogen-bond acceptors (Lipinski definition) is 8. The minimum absolute atomic E-state index is 0.110. The number of benzene rings is 1. The van der Waals surface area contributed by atoms with Crippen molar-refractivity contribution in [3.05, 3.63) is 41.2 Å². The van der Waals surface area contributed by atoms with Crippen molar-refractivity contribution in [3.63, 3.8) is 0 Å². The minimum Gasteiger partial charge on any atom is -0.394 e. The zero-order valence-electron chi connectivity index (χ0n) is 18.3. The summed E-state index contributed by atoms with van der Waals surface area (Å²) in [5, 5.41) is 29.6. The number of aliphatic hydroxyl groups is 2. The summed E-state index contributed by atoms with van der Waals surface area (Å²) in [6.45, 7) is 0.263. The van der Waals surface area contributed by atoms with Gasteiger partial charge in [0.1, 0.15) is 6.04 Å². The molecular weight excluding hydrogens is 444 g/mol. The number of fused-ring (bicyclic) bond motifs is 1. The first kappa shape index (κ1) is 22.2. The molecular formula is C22H24N6O6. The van der Waals surface area contributed by atoms with Crippen LogP contribution in [0.1, 0.15) is 52.1 Å². The Bertz CT molecular complexity index is 1180. The number of amides is 4. The van der Waals surface area contributed by atoms with Gasteiger partial charge in [-0.3, -0.25) is 24.5 Å². The van der Waals surface area contributed by atoms with E-state index in [1.54, 1.807) is 18.2 Å². The molecule has 1 aromatic carbocycles. The topological polar surface area (TPSA) is 158 Å². The number of imide groups is 1. The summed E-state index contributed by atoms with van der Waals surface area (Å²) in [7, 11) is 0. The molecule has 0 saturated carbocycles. The molecule has 12 nitrogen and oxygen atoms in total. The van der Waals surface area contributed by atoms with Crippen LogP contribution in [0.4, 0.5) is 0 Å². The van der Waals surface area contributed by atoms with Gasteiger partial charge in [-0.25, -0.2) is 4.68 Å². The van der Waals surface area contributed by atoms with E-state index in [9.17, 15) is 29.4 Å². The quantitative estimate of drug-likeness (QED) is 0.471. The molecule has 3 unspecified atom stereocenters. The molecule has 3 aliphatic rings. The third-order valence-corrected chi connectivity index (χ3v) is 6.68. The van der Waals surface area contributed by atoms with Crippen LogP contribution in [-0.4, -0.2) is 90.0 Å². The number of aromatic nitrogens is 3. The normalized spacial score (nSPS) is 23.3. The highest BCUT2D eigenvalue weighted by molar-refractivity contribution is 6.05. The van der Waals surface area contributed by atoms with Gasteiger partial charge in [-0.15, -0.1) is 5.10 Å². The van der Waals surface area contributed by atoms with E-state index in [0.717, 1.165) is 6.42 Å². The number of likely N-dealkylation sites (tertiary alicyclic amines) is 1. The van der Waals surface area contributed by atoms with Crippen LogP contribution < -0.4 is 5.32 Å². The van der Waals surface area contributed by atoms with Gasteiger partial charge >= 0.3 is 0 Å². The lowest BCUT2D eigenvalue weighted by molar-refractivity contribution is -0.136. The van der Waals surface area contributed by atoms with Crippen LogP contribution in [0.3, 0.4) is 0 Å². The lowest BCUT2D eigenvalue weighted by atomic mass is 10.0. The SMILES string of the molecule is O=C1CCC(N2Cc3cc(-n4cc(C(=O)N5CCCC5C(O)CO)nn4)ccc3C2=O)C(=O)N1. The number of carbonyl (C=O) groups excluding carboxylic acids is 4. The lowest BCUT2D eigenvalue weighted by Gasteiger charge is -2.29. The zero-order chi connectivity index (χ0) is 24.0. The summed E-state index contributed by atoms with van der Waals surface area (Å²) < 4.78 is 1.43. The Kier molecular flexibility index (Phi) is 5.62. The molecule has 3 aliphatic heterocycles. The van der Waals surface area contributed by atoms with E-state index in [-0.39, 0.29) is 42.8 Å². The fraction of sp³-hybridized carbons (Fsp3) is 0.455. The molecule has 12 heteroatoms. The van der Waals surface area contributed by atoms with Gasteiger partial charge in [0.25, 0.3) is 11.8 Å². The minimum atomic E-state index is -1.01. The molecule has 178 valence electrons. The number of hydrogen-bond donors (Lipinski definition) is 3. The fourth-order valence-corrected chi connectivity index (χ4v) is 4.90. The molecule has 1 aromatic heterocycles. The van der Waals surface area contributed by atoms with E-state index in [4.69, 9.17) is 0 Å². The molecule has 0 aliphatic carbocycles. The summed E-state index contributed by atoms with van der Waals surface area (Å²) in [6.07, 6.45) is 2.27. The molecule has 4 amide bonds. The second-order valence-electron chi connectivity index (χ2n) is 8.75. The van der Waals surface area contributed by atoms with Crippen LogP contribution in [0, 0.1) is 0 Å². The largest absolute Gasteiger partial charge is 0.394 e. The molecule has 5 rings (SSSR count). The van der Waals surface area contributed by atoms with Crippen LogP contribution in [0.2, 0.25) is 0 Å². The number of nitrogens with one attached hydrogen (secondary N) is 1. The highest BCUT2D eigenvalue weighted by Crippen LogP contribution is 2.29. The first-order valence-electron chi connectivity index (χ1n) is 11.2. The van der Waals surface area contributed by atoms with Crippen molar-refractivity contribution in [2.75, 3.05) is 13.2 Å². The second-order valence-corrected chi connectivity index (χ2v) is 8.75. The Balaban J connectivity index is 1.34. The molecule has 2 aromatic rings. The standard InChI is InChI=1S/C22H24N6O6/c29-11-18(30)16-2-1-7-26(16)22(34)15-10-28(25-24-15)13-3-4-14-12(8-13)9-27(21(14)33)17-5-6-19(31)23-20(17)32/h3-4,8,10,16-18,29-30H,1-2,5-7,9,11H2,(H,23,31,32). The predicted molar refractivity (Wildman–Crippen MR) is 115 cm³/mol. The molecule has 0 radical (unpaired) electrons. The van der Waals surface area contributed by atoms with Crippen LogP contribution in [0.25, 0.3) is 5.69 Å². The molecule has 3 atom stereocenters. The first-order valence-corrected chi connectivity index (χ1v) is 11.2. The Morgan fingerprint density at radius 3 is 2.82 bits per heavy atom. The van der Waals surface area contributed by atoms with Crippen LogP contribution in [-0.2, 0) is 16.1 Å². The molecule has 0 bridgehead atoms. The monoisotopic (exact) mass is 468 g/mol. The van der Waals surface area contributed by atoms with Crippen LogP contribution >= 0.6 is 0 Å². The summed E-state index contributed by atoms with van der Waals surface area (Å²) in [5.74, 6) is -1.45. The number of nitrogens with zero attached hydrogens (tertiary/aromatic N) is 5. The average Bonchev–Trinajstić information content (AvgIpc) is 3.57. The van der Waals surface area contributed by atoms with Crippen molar-refractivity contribution in [1.82, 2.24) is 30.1 Å². The van der Waals surface area contributed by atoms with Gasteiger partial charge in [-0.2, -0.15) is 0 Å². The predicted octanol–water partition coefficient (Wildman–Crippen LogP) is -1.01. The van der Waals surface area contributed by atoms with E-state index >= 15 is 0 Å². The Labute approximate surface area is 194 Å². The van der Waals surface area contributed by atoms with Gasteiger partial charge in [0.15, 0.2) is 5.69 Å². The summed E-state index contributed by atoms with van der Waals surface area (Å²) in [4.78, 5) is 52.4. The maximum atomic E-state index is 12.9. The van der Waals surface area contributed by atoms with Gasteiger partial charge in [0.2, 0.25) is 11.8 Å². The highest BCUT2D eigenvalue weighted by atomic mass is 16.3. The van der Waals surface area contributed by atoms with Crippen molar-refractivity contribution in [3.8, 4) is 5.69 Å². The van der Waals surface area contributed by atoms with E-state index in [1.807, 2.05) is 0 Å². The highest BCUT2D eigenvalue weighted by Gasteiger charge is 2.39. The molecule has 2 fully saturated rings. The Hall–Kier alpha value is -3.64. The van der Waals surface area contributed by atoms with Gasteiger partial charge in [0.05, 0.1) is 30.6 Å². The third-order valence-electron chi connectivity index (χ3n) is 6.68. The van der Waals surface area contributed by atoms with Crippen LogP contribution in [0.15, 0.2) is 24.4 Å². The van der Waals surface area contributed by atoms with Gasteiger partial charge in [-0.05, 0) is 43.0 Å². The van der Waals surface area contributed by atoms with Gasteiger partial charge < -0.3 is 20.0 Å². The van der Waals surface area contributed by atoms with Gasteiger partial charge in [-0.1, -0.05) is 5.21 Å². The van der Waals surface area contributed by atoms with Crippen molar-refractivity contribution in [2.45, 2.75) is 50.4 Å².